The van der Waals surface area contributed by atoms with Gasteiger partial charge in [0, 0.05) is 42.3 Å². The molecule has 31 heavy (non-hydrogen) atoms. The third kappa shape index (κ3) is 7.51. The Labute approximate surface area is 179 Å². The summed E-state index contributed by atoms with van der Waals surface area (Å²) >= 11 is 5.72. The number of carbonyl (C=O) groups is 1. The van der Waals surface area contributed by atoms with Crippen molar-refractivity contribution in [3.63, 3.8) is 0 Å². The van der Waals surface area contributed by atoms with Crippen LogP contribution in [0.3, 0.4) is 0 Å². The Morgan fingerprint density at radius 3 is 2.55 bits per heavy atom. The van der Waals surface area contributed by atoms with E-state index in [-0.39, 0.29) is 24.3 Å². The maximum absolute atomic E-state index is 14.1. The number of nitrogens with zero attached hydrogens (tertiary/aromatic N) is 2. The maximum Gasteiger partial charge on any atom is 0.490 e. The highest BCUT2D eigenvalue weighted by atomic mass is 35.5. The van der Waals surface area contributed by atoms with E-state index in [9.17, 15) is 22.0 Å². The number of hydrogen-bond donors (Lipinski definition) is 2. The zero-order valence-corrected chi connectivity index (χ0v) is 17.0. The first kappa shape index (κ1) is 24.6. The topological polar surface area (TPSA) is 74.7 Å². The van der Waals surface area contributed by atoms with E-state index in [2.05, 4.69) is 10.3 Å². The van der Waals surface area contributed by atoms with E-state index in [1.54, 1.807) is 12.1 Å². The summed E-state index contributed by atoms with van der Waals surface area (Å²) in [5.41, 5.74) is 0.364. The molecule has 1 saturated heterocycles. The van der Waals surface area contributed by atoms with Crippen molar-refractivity contribution in [1.82, 2.24) is 10.3 Å². The van der Waals surface area contributed by atoms with E-state index < -0.39 is 23.8 Å². The van der Waals surface area contributed by atoms with Gasteiger partial charge in [-0.1, -0.05) is 17.7 Å². The number of nitrogens with one attached hydrogen (secondary N) is 1. The lowest BCUT2D eigenvalue weighted by atomic mass is 10.2. The van der Waals surface area contributed by atoms with E-state index in [1.807, 2.05) is 11.8 Å². The smallest absolute Gasteiger partial charge is 0.475 e. The molecule has 1 fully saturated rings. The number of halogens is 6. The van der Waals surface area contributed by atoms with Crippen molar-refractivity contribution in [2.75, 3.05) is 24.5 Å². The molecular formula is C19H19ClF5N3O3. The van der Waals surface area contributed by atoms with Gasteiger partial charge in [-0.2, -0.15) is 18.2 Å². The molecule has 1 aliphatic heterocycles. The van der Waals surface area contributed by atoms with Gasteiger partial charge in [0.15, 0.2) is 11.6 Å². The fourth-order valence-corrected chi connectivity index (χ4v) is 2.79. The lowest BCUT2D eigenvalue weighted by Crippen LogP contribution is -2.49. The van der Waals surface area contributed by atoms with Crippen molar-refractivity contribution in [3.8, 4) is 5.88 Å². The number of benzene rings is 1. The molecule has 3 rings (SSSR count). The van der Waals surface area contributed by atoms with Crippen molar-refractivity contribution in [2.24, 2.45) is 0 Å². The van der Waals surface area contributed by atoms with Crippen LogP contribution in [-0.4, -0.2) is 47.9 Å². The van der Waals surface area contributed by atoms with Crippen molar-refractivity contribution in [1.29, 1.82) is 0 Å². The lowest BCUT2D eigenvalue weighted by Gasteiger charge is -2.32. The van der Waals surface area contributed by atoms with Gasteiger partial charge >= 0.3 is 12.1 Å². The van der Waals surface area contributed by atoms with Crippen LogP contribution in [0.1, 0.15) is 12.5 Å². The van der Waals surface area contributed by atoms with Crippen molar-refractivity contribution < 1.29 is 36.6 Å². The molecule has 170 valence electrons. The Morgan fingerprint density at radius 2 is 1.97 bits per heavy atom. The Balaban J connectivity index is 0.000000423. The monoisotopic (exact) mass is 467 g/mol. The molecule has 0 radical (unpaired) electrons. The normalized spacial score (nSPS) is 16.4. The molecule has 1 aliphatic rings. The third-order valence-corrected chi connectivity index (χ3v) is 4.34. The van der Waals surface area contributed by atoms with E-state index in [0.29, 0.717) is 23.7 Å². The van der Waals surface area contributed by atoms with Gasteiger partial charge < -0.3 is 20.1 Å². The summed E-state index contributed by atoms with van der Waals surface area (Å²) in [4.78, 5) is 15.0. The number of anilines is 1. The molecule has 2 heterocycles. The number of carboxylic acids is 1. The molecule has 0 aliphatic carbocycles. The van der Waals surface area contributed by atoms with Gasteiger partial charge in [0.2, 0.25) is 5.88 Å². The number of aliphatic carboxylic acids is 1. The first-order valence-corrected chi connectivity index (χ1v) is 9.37. The fourth-order valence-electron chi connectivity index (χ4n) is 2.63. The fraction of sp³-hybridized carbons (Fsp3) is 0.368. The first-order chi connectivity index (χ1) is 14.5. The summed E-state index contributed by atoms with van der Waals surface area (Å²) in [7, 11) is 0. The second kappa shape index (κ2) is 10.6. The molecule has 0 spiro atoms. The molecule has 2 N–H and O–H groups in total. The molecule has 0 unspecified atom stereocenters. The second-order valence-corrected chi connectivity index (χ2v) is 7.02. The molecule has 6 nitrogen and oxygen atoms in total. The molecule has 1 aromatic carbocycles. The SMILES string of the molecule is C[C@H]1CN(c2nc(OCc3ccc(Cl)cc3F)ccc2F)CCN1.O=C(O)C(F)(F)F. The van der Waals surface area contributed by atoms with Gasteiger partial charge in [-0.3, -0.25) is 0 Å². The number of hydrogen-bond acceptors (Lipinski definition) is 5. The Morgan fingerprint density at radius 1 is 1.29 bits per heavy atom. The molecule has 0 bridgehead atoms. The first-order valence-electron chi connectivity index (χ1n) is 8.99. The van der Waals surface area contributed by atoms with Crippen LogP contribution in [0.25, 0.3) is 0 Å². The summed E-state index contributed by atoms with van der Waals surface area (Å²) in [5.74, 6) is -3.08. The number of piperazine rings is 1. The summed E-state index contributed by atoms with van der Waals surface area (Å²) < 4.78 is 65.1. The van der Waals surface area contributed by atoms with E-state index in [0.717, 1.165) is 6.54 Å². The third-order valence-electron chi connectivity index (χ3n) is 4.10. The summed E-state index contributed by atoms with van der Waals surface area (Å²) in [6.07, 6.45) is -5.08. The highest BCUT2D eigenvalue weighted by molar-refractivity contribution is 6.30. The summed E-state index contributed by atoms with van der Waals surface area (Å²) in [6.45, 7) is 4.14. The molecule has 0 amide bonds. The zero-order valence-electron chi connectivity index (χ0n) is 16.2. The van der Waals surface area contributed by atoms with Gasteiger partial charge in [-0.25, -0.2) is 13.6 Å². The van der Waals surface area contributed by atoms with Gasteiger partial charge in [-0.15, -0.1) is 0 Å². The number of alkyl halides is 3. The molecule has 0 saturated carbocycles. The van der Waals surface area contributed by atoms with Crippen LogP contribution in [0.2, 0.25) is 5.02 Å². The largest absolute Gasteiger partial charge is 0.490 e. The van der Waals surface area contributed by atoms with Crippen molar-refractivity contribution in [2.45, 2.75) is 25.7 Å². The molecule has 12 heteroatoms. The van der Waals surface area contributed by atoms with Crippen molar-refractivity contribution >= 4 is 23.4 Å². The molecular weight excluding hydrogens is 449 g/mol. The van der Waals surface area contributed by atoms with Crippen LogP contribution in [0.4, 0.5) is 27.8 Å². The van der Waals surface area contributed by atoms with E-state index >= 15 is 0 Å². The zero-order chi connectivity index (χ0) is 23.2. The van der Waals surface area contributed by atoms with Crippen LogP contribution in [0, 0.1) is 11.6 Å². The van der Waals surface area contributed by atoms with Crippen LogP contribution in [-0.2, 0) is 11.4 Å². The average molecular weight is 468 g/mol. The van der Waals surface area contributed by atoms with Crippen LogP contribution in [0.5, 0.6) is 5.88 Å². The number of aromatic nitrogens is 1. The minimum Gasteiger partial charge on any atom is -0.475 e. The van der Waals surface area contributed by atoms with Gasteiger partial charge in [0.1, 0.15) is 12.4 Å². The Hall–Kier alpha value is -2.66. The van der Waals surface area contributed by atoms with E-state index in [4.69, 9.17) is 26.2 Å². The molecule has 1 aromatic heterocycles. The summed E-state index contributed by atoms with van der Waals surface area (Å²) in [5, 5.41) is 10.7. The standard InChI is InChI=1S/C17H18ClF2N3O.C2HF3O2/c1-11-9-23(7-6-21-11)17-14(19)4-5-16(22-17)24-10-12-2-3-13(18)8-15(12)20;3-2(4,5)1(6)7/h2-5,8,11,21H,6-7,9-10H2,1H3;(H,6,7)/t11-;/m0./s1. The van der Waals surface area contributed by atoms with Crippen LogP contribution < -0.4 is 15.0 Å². The number of rotatable bonds is 4. The highest BCUT2D eigenvalue weighted by Crippen LogP contribution is 2.23. The number of pyridine rings is 1. The second-order valence-electron chi connectivity index (χ2n) is 6.58. The van der Waals surface area contributed by atoms with E-state index in [1.165, 1.54) is 18.2 Å². The quantitative estimate of drug-likeness (QED) is 0.662. The van der Waals surface area contributed by atoms with Crippen LogP contribution in [0.15, 0.2) is 30.3 Å². The van der Waals surface area contributed by atoms with Crippen LogP contribution >= 0.6 is 11.6 Å². The predicted octanol–water partition coefficient (Wildman–Crippen LogP) is 4.02. The lowest BCUT2D eigenvalue weighted by molar-refractivity contribution is -0.192. The average Bonchev–Trinajstić information content (AvgIpc) is 2.68. The number of ether oxygens (including phenoxy) is 1. The summed E-state index contributed by atoms with van der Waals surface area (Å²) in [6, 6.07) is 7.40. The Bertz CT molecular complexity index is 914. The minimum atomic E-state index is -5.08. The van der Waals surface area contributed by atoms with Gasteiger partial charge in [-0.05, 0) is 25.1 Å². The van der Waals surface area contributed by atoms with Gasteiger partial charge in [0.25, 0.3) is 0 Å². The minimum absolute atomic E-state index is 0.000959. The highest BCUT2D eigenvalue weighted by Gasteiger charge is 2.38. The number of carboxylic acid groups (broad SMARTS) is 1. The van der Waals surface area contributed by atoms with Gasteiger partial charge in [0.05, 0.1) is 0 Å². The molecule has 2 aromatic rings. The molecule has 1 atom stereocenters. The van der Waals surface area contributed by atoms with Crippen molar-refractivity contribution in [3.05, 3.63) is 52.6 Å². The predicted molar refractivity (Wildman–Crippen MR) is 103 cm³/mol. The Kier molecular flexibility index (Phi) is 8.40. The maximum atomic E-state index is 14.1.